The van der Waals surface area contributed by atoms with Gasteiger partial charge in [0.15, 0.2) is 0 Å². The number of ether oxygens (including phenoxy) is 2. The topological polar surface area (TPSA) is 65.7 Å². The molecule has 8 heteroatoms. The minimum Gasteiger partial charge on any atom is -0.455 e. The Hall–Kier alpha value is -4.33. The molecular weight excluding hydrogens is 437 g/mol. The van der Waals surface area contributed by atoms with Crippen molar-refractivity contribution in [3.8, 4) is 22.6 Å². The zero-order chi connectivity index (χ0) is 23.8. The van der Waals surface area contributed by atoms with Gasteiger partial charge in [-0.15, -0.1) is 0 Å². The largest absolute Gasteiger partial charge is 0.455 e. The van der Waals surface area contributed by atoms with E-state index in [4.69, 9.17) is 13.9 Å². The van der Waals surface area contributed by atoms with Crippen molar-refractivity contribution in [3.63, 3.8) is 0 Å². The Morgan fingerprint density at radius 3 is 2.00 bits per heavy atom. The van der Waals surface area contributed by atoms with Crippen LogP contribution < -0.4 is 9.47 Å². The number of benzene rings is 3. The van der Waals surface area contributed by atoms with Crippen LogP contribution in [0.25, 0.3) is 33.1 Å². The van der Waals surface area contributed by atoms with Gasteiger partial charge in [-0.2, -0.15) is 13.2 Å². The predicted octanol–water partition coefficient (Wildman–Crippen LogP) is 6.45. The van der Waals surface area contributed by atoms with Gasteiger partial charge in [-0.25, -0.2) is 9.59 Å². The maximum atomic E-state index is 14.2. The summed E-state index contributed by atoms with van der Waals surface area (Å²) < 4.78 is 58.1. The Kier molecular flexibility index (Phi) is 5.51. The first kappa shape index (κ1) is 21.9. The first-order valence-electron chi connectivity index (χ1n) is 9.56. The fourth-order valence-electron chi connectivity index (χ4n) is 3.42. The van der Waals surface area contributed by atoms with Gasteiger partial charge < -0.3 is 13.9 Å². The summed E-state index contributed by atoms with van der Waals surface area (Å²) in [6, 6.07) is 12.8. The summed E-state index contributed by atoms with van der Waals surface area (Å²) in [6.45, 7) is 6.60. The zero-order valence-corrected chi connectivity index (χ0v) is 16.9. The van der Waals surface area contributed by atoms with Gasteiger partial charge in [-0.3, -0.25) is 0 Å². The number of halogens is 3. The molecule has 0 aliphatic heterocycles. The lowest BCUT2D eigenvalue weighted by Gasteiger charge is -2.14. The van der Waals surface area contributed by atoms with Gasteiger partial charge in [-0.05, 0) is 41.5 Å². The lowest BCUT2D eigenvalue weighted by molar-refractivity contribution is -0.136. The quantitative estimate of drug-likeness (QED) is 0.198. The van der Waals surface area contributed by atoms with E-state index in [1.807, 2.05) is 0 Å². The summed E-state index contributed by atoms with van der Waals surface area (Å²) >= 11 is 0. The summed E-state index contributed by atoms with van der Waals surface area (Å²) in [7, 11) is 0. The Labute approximate surface area is 185 Å². The number of carbonyl (C=O) groups is 2. The molecule has 0 saturated carbocycles. The van der Waals surface area contributed by atoms with E-state index in [1.54, 1.807) is 0 Å². The average molecular weight is 452 g/mol. The van der Waals surface area contributed by atoms with Crippen LogP contribution in [0.4, 0.5) is 13.2 Å². The van der Waals surface area contributed by atoms with E-state index in [0.717, 1.165) is 12.2 Å². The first-order valence-corrected chi connectivity index (χ1v) is 9.56. The van der Waals surface area contributed by atoms with Crippen molar-refractivity contribution in [2.45, 2.75) is 6.18 Å². The molecular formula is C25H15F3O5. The van der Waals surface area contributed by atoms with Gasteiger partial charge in [-0.1, -0.05) is 31.4 Å². The molecule has 4 aromatic rings. The number of carbonyl (C=O) groups excluding carboxylic acids is 2. The van der Waals surface area contributed by atoms with Crippen LogP contribution >= 0.6 is 0 Å². The lowest BCUT2D eigenvalue weighted by Crippen LogP contribution is -2.08. The number of furan rings is 1. The average Bonchev–Trinajstić information content (AvgIpc) is 3.15. The van der Waals surface area contributed by atoms with E-state index in [-0.39, 0.29) is 39.2 Å². The number of alkyl halides is 3. The van der Waals surface area contributed by atoms with Crippen LogP contribution in [0.1, 0.15) is 5.56 Å². The molecule has 5 nitrogen and oxygen atoms in total. The zero-order valence-electron chi connectivity index (χ0n) is 16.9. The lowest BCUT2D eigenvalue weighted by atomic mass is 9.96. The second-order valence-corrected chi connectivity index (χ2v) is 6.90. The van der Waals surface area contributed by atoms with Crippen LogP contribution in [-0.2, 0) is 15.8 Å². The standard InChI is InChI=1S/C25H15F3O5/c1-3-21(29)31-15-7-5-14(6-8-15)17-11-12-19-18-10-9-16(32-22(30)4-2)13-20(18)33-24(19)23(17)25(26,27)28/h3-13H,1-2H2. The van der Waals surface area contributed by atoms with E-state index in [0.29, 0.717) is 5.39 Å². The third kappa shape index (κ3) is 4.23. The molecule has 0 spiro atoms. The molecule has 0 N–H and O–H groups in total. The number of hydrogen-bond acceptors (Lipinski definition) is 5. The van der Waals surface area contributed by atoms with Crippen molar-refractivity contribution in [1.82, 2.24) is 0 Å². The maximum Gasteiger partial charge on any atom is 0.420 e. The molecule has 1 aromatic heterocycles. The molecule has 0 aliphatic carbocycles. The van der Waals surface area contributed by atoms with Gasteiger partial charge in [0.2, 0.25) is 0 Å². The van der Waals surface area contributed by atoms with Crippen LogP contribution in [0.2, 0.25) is 0 Å². The van der Waals surface area contributed by atoms with Gasteiger partial charge in [0.05, 0.1) is 0 Å². The van der Waals surface area contributed by atoms with Gasteiger partial charge in [0.25, 0.3) is 0 Å². The summed E-state index contributed by atoms with van der Waals surface area (Å²) in [5.74, 6) is -1.10. The van der Waals surface area contributed by atoms with E-state index in [9.17, 15) is 22.8 Å². The molecule has 0 bridgehead atoms. The second-order valence-electron chi connectivity index (χ2n) is 6.90. The van der Waals surface area contributed by atoms with Gasteiger partial charge in [0, 0.05) is 29.0 Å². The monoisotopic (exact) mass is 452 g/mol. The predicted molar refractivity (Wildman–Crippen MR) is 116 cm³/mol. The highest BCUT2D eigenvalue weighted by Gasteiger charge is 2.38. The van der Waals surface area contributed by atoms with E-state index in [1.165, 1.54) is 54.6 Å². The van der Waals surface area contributed by atoms with E-state index >= 15 is 0 Å². The minimum absolute atomic E-state index is 0.103. The van der Waals surface area contributed by atoms with Crippen molar-refractivity contribution in [2.24, 2.45) is 0 Å². The van der Waals surface area contributed by atoms with Crippen LogP contribution in [0.15, 0.2) is 84.3 Å². The van der Waals surface area contributed by atoms with Crippen molar-refractivity contribution in [3.05, 3.63) is 85.5 Å². The molecule has 166 valence electrons. The Morgan fingerprint density at radius 2 is 1.39 bits per heavy atom. The SMILES string of the molecule is C=CC(=O)Oc1ccc(-c2ccc3c(oc4cc(OC(=O)C=C)ccc43)c2C(F)(F)F)cc1. The van der Waals surface area contributed by atoms with Gasteiger partial charge >= 0.3 is 18.1 Å². The van der Waals surface area contributed by atoms with Crippen molar-refractivity contribution in [2.75, 3.05) is 0 Å². The molecule has 0 fully saturated rings. The van der Waals surface area contributed by atoms with Crippen LogP contribution in [-0.4, -0.2) is 11.9 Å². The molecule has 0 radical (unpaired) electrons. The Morgan fingerprint density at radius 1 is 0.818 bits per heavy atom. The first-order chi connectivity index (χ1) is 15.7. The summed E-state index contributed by atoms with van der Waals surface area (Å²) in [5, 5.41) is 0.700. The highest BCUT2D eigenvalue weighted by molar-refractivity contribution is 6.08. The van der Waals surface area contributed by atoms with E-state index in [2.05, 4.69) is 13.2 Å². The van der Waals surface area contributed by atoms with Crippen LogP contribution in [0, 0.1) is 0 Å². The fourth-order valence-corrected chi connectivity index (χ4v) is 3.42. The summed E-state index contributed by atoms with van der Waals surface area (Å²) in [5.41, 5.74) is -1.01. The summed E-state index contributed by atoms with van der Waals surface area (Å²) in [4.78, 5) is 22.7. The number of fused-ring (bicyclic) bond motifs is 3. The minimum atomic E-state index is -4.73. The second kappa shape index (κ2) is 8.31. The van der Waals surface area contributed by atoms with Crippen molar-refractivity contribution < 1.29 is 36.7 Å². The highest BCUT2D eigenvalue weighted by atomic mass is 19.4. The van der Waals surface area contributed by atoms with Gasteiger partial charge in [0.1, 0.15) is 28.2 Å². The fraction of sp³-hybridized carbons (Fsp3) is 0.0400. The Bertz CT molecular complexity index is 1410. The molecule has 4 rings (SSSR count). The molecule has 3 aromatic carbocycles. The van der Waals surface area contributed by atoms with Crippen molar-refractivity contribution >= 4 is 33.9 Å². The van der Waals surface area contributed by atoms with Crippen LogP contribution in [0.3, 0.4) is 0 Å². The summed E-state index contributed by atoms with van der Waals surface area (Å²) in [6.07, 6.45) is -2.77. The molecule has 0 aliphatic rings. The molecule has 0 atom stereocenters. The third-order valence-electron chi connectivity index (χ3n) is 4.83. The van der Waals surface area contributed by atoms with Crippen LogP contribution in [0.5, 0.6) is 11.5 Å². The number of esters is 2. The molecule has 33 heavy (non-hydrogen) atoms. The number of hydrogen-bond donors (Lipinski definition) is 0. The number of rotatable bonds is 5. The van der Waals surface area contributed by atoms with Crippen molar-refractivity contribution in [1.29, 1.82) is 0 Å². The van der Waals surface area contributed by atoms with E-state index < -0.39 is 23.7 Å². The molecule has 0 saturated heterocycles. The Balaban J connectivity index is 1.86. The third-order valence-corrected chi connectivity index (χ3v) is 4.83. The molecule has 0 amide bonds. The highest BCUT2D eigenvalue weighted by Crippen LogP contribution is 2.45. The molecule has 0 unspecified atom stereocenters. The maximum absolute atomic E-state index is 14.2. The normalized spacial score (nSPS) is 11.4. The smallest absolute Gasteiger partial charge is 0.420 e. The molecule has 1 heterocycles.